The van der Waals surface area contributed by atoms with Gasteiger partial charge in [0.05, 0.1) is 30.8 Å². The molecule has 0 spiro atoms. The van der Waals surface area contributed by atoms with Crippen LogP contribution < -0.4 is 0 Å². The number of hydrogen-bond acceptors (Lipinski definition) is 9. The smallest absolute Gasteiger partial charge is 0.291 e. The molecule has 4 aromatic rings. The third kappa shape index (κ3) is 9.36. The van der Waals surface area contributed by atoms with Crippen molar-refractivity contribution in [2.45, 2.75) is 23.6 Å². The summed E-state index contributed by atoms with van der Waals surface area (Å²) in [6.07, 6.45) is 5.11. The number of piperazine rings is 2. The predicted molar refractivity (Wildman–Crippen MR) is 217 cm³/mol. The Morgan fingerprint density at radius 2 is 0.898 bits per heavy atom. The molecular formula is C42H38F2N6O8S. The van der Waals surface area contributed by atoms with Gasteiger partial charge in [-0.1, -0.05) is 60.3 Å². The van der Waals surface area contributed by atoms with Crippen molar-refractivity contribution >= 4 is 58.9 Å². The van der Waals surface area contributed by atoms with E-state index in [0.717, 1.165) is 12.1 Å². The summed E-state index contributed by atoms with van der Waals surface area (Å²) >= 11 is 0.652. The Labute approximate surface area is 341 Å². The molecule has 0 bridgehead atoms. The highest BCUT2D eigenvalue weighted by atomic mass is 32.2. The van der Waals surface area contributed by atoms with E-state index in [0.29, 0.717) is 37.9 Å². The first kappa shape index (κ1) is 41.9. The van der Waals surface area contributed by atoms with Gasteiger partial charge < -0.3 is 19.6 Å². The molecule has 14 nitrogen and oxygen atoms in total. The third-order valence-corrected chi connectivity index (χ3v) is 11.2. The Bertz CT molecular complexity index is 2240. The molecule has 2 saturated heterocycles. The molecule has 4 amide bonds. The number of halogens is 2. The van der Waals surface area contributed by atoms with Crippen LogP contribution in [0.25, 0.3) is 34.4 Å². The summed E-state index contributed by atoms with van der Waals surface area (Å²) in [6, 6.07) is 16.3. The maximum atomic E-state index is 15.5. The zero-order valence-electron chi connectivity index (χ0n) is 32.0. The molecule has 0 N–H and O–H groups in total. The van der Waals surface area contributed by atoms with Crippen molar-refractivity contribution in [3.63, 3.8) is 0 Å². The number of carbonyl (C=O) groups is 4. The van der Waals surface area contributed by atoms with Crippen molar-refractivity contribution < 1.29 is 37.8 Å². The highest BCUT2D eigenvalue weighted by Gasteiger charge is 2.31. The Morgan fingerprint density at radius 1 is 0.559 bits per heavy atom. The fraction of sp³-hybridized carbons (Fsp3) is 0.238. The average Bonchev–Trinajstić information content (AvgIpc) is 3.22. The normalized spacial score (nSPS) is 14.6. The topological polar surface area (TPSA) is 168 Å². The monoisotopic (exact) mass is 824 g/mol. The van der Waals surface area contributed by atoms with Crippen molar-refractivity contribution in [3.05, 3.63) is 128 Å². The summed E-state index contributed by atoms with van der Waals surface area (Å²) in [4.78, 5) is 80.4. The number of nitro groups is 2. The first-order chi connectivity index (χ1) is 28.2. The van der Waals surface area contributed by atoms with E-state index < -0.39 is 44.7 Å². The maximum absolute atomic E-state index is 15.5. The van der Waals surface area contributed by atoms with Gasteiger partial charge in [-0.3, -0.25) is 39.4 Å². The van der Waals surface area contributed by atoms with Crippen molar-refractivity contribution in [2.75, 3.05) is 52.4 Å². The van der Waals surface area contributed by atoms with E-state index in [9.17, 15) is 39.4 Å². The summed E-state index contributed by atoms with van der Waals surface area (Å²) in [5.74, 6) is -2.65. The molecule has 2 fully saturated rings. The number of nitrogens with zero attached hydrogens (tertiary/aromatic N) is 6. The summed E-state index contributed by atoms with van der Waals surface area (Å²) in [7, 11) is 0. The number of hydrogen-bond donors (Lipinski definition) is 0. The molecule has 304 valence electrons. The van der Waals surface area contributed by atoms with Gasteiger partial charge in [-0.05, 0) is 47.5 Å². The highest BCUT2D eigenvalue weighted by Crippen LogP contribution is 2.49. The molecule has 17 heteroatoms. The Hall–Kier alpha value is -6.75. The standard InChI is InChI=1S/C42H38F2N6O8S/c1-27(51)45-19-23-47(24-20-45)37(53)17-13-29-11-15-35(41(49(55)56)39(29)31-7-3-5-9-33(31)43)59-36-16-12-30(14-18-38(54)48-25-21-46(22-26-48)28(2)52)40(42(36)50(57)58)32-8-4-6-10-34(32)44/h3-18H,19-26H2,1-2H3/b17-13+,18-14+. The summed E-state index contributed by atoms with van der Waals surface area (Å²) in [5.41, 5.74) is -1.61. The second-order valence-corrected chi connectivity index (χ2v) is 14.7. The first-order valence-electron chi connectivity index (χ1n) is 18.5. The van der Waals surface area contributed by atoms with Crippen LogP contribution in [0.2, 0.25) is 0 Å². The predicted octanol–water partition coefficient (Wildman–Crippen LogP) is 6.67. The van der Waals surface area contributed by atoms with E-state index in [4.69, 9.17) is 0 Å². The minimum absolute atomic E-state index is 0.108. The molecule has 6 rings (SSSR count). The lowest BCUT2D eigenvalue weighted by molar-refractivity contribution is -0.387. The fourth-order valence-corrected chi connectivity index (χ4v) is 8.06. The van der Waals surface area contributed by atoms with Crippen molar-refractivity contribution in [3.8, 4) is 22.3 Å². The first-order valence-corrected chi connectivity index (χ1v) is 19.3. The molecular weight excluding hydrogens is 787 g/mol. The lowest BCUT2D eigenvalue weighted by Crippen LogP contribution is -2.49. The van der Waals surface area contributed by atoms with Crippen molar-refractivity contribution in [1.82, 2.24) is 19.6 Å². The van der Waals surface area contributed by atoms with Gasteiger partial charge in [0, 0.05) is 89.5 Å². The van der Waals surface area contributed by atoms with Gasteiger partial charge in [0.1, 0.15) is 11.6 Å². The van der Waals surface area contributed by atoms with E-state index in [1.165, 1.54) is 109 Å². The molecule has 0 aliphatic carbocycles. The highest BCUT2D eigenvalue weighted by molar-refractivity contribution is 7.99. The molecule has 0 unspecified atom stereocenters. The van der Waals surface area contributed by atoms with E-state index in [1.807, 2.05) is 0 Å². The number of rotatable bonds is 10. The van der Waals surface area contributed by atoms with Crippen LogP contribution in [0.5, 0.6) is 0 Å². The van der Waals surface area contributed by atoms with E-state index in [1.54, 1.807) is 9.80 Å². The molecule has 2 aliphatic rings. The van der Waals surface area contributed by atoms with E-state index >= 15 is 8.78 Å². The van der Waals surface area contributed by atoms with E-state index in [2.05, 4.69) is 0 Å². The van der Waals surface area contributed by atoms with Crippen LogP contribution in [0.4, 0.5) is 20.2 Å². The van der Waals surface area contributed by atoms with Crippen LogP contribution in [0.15, 0.2) is 94.7 Å². The Balaban J connectivity index is 1.42. The number of amides is 4. The lowest BCUT2D eigenvalue weighted by atomic mass is 9.96. The van der Waals surface area contributed by atoms with Crippen LogP contribution >= 0.6 is 11.8 Å². The fourth-order valence-electron chi connectivity index (χ4n) is 7.01. The molecule has 2 heterocycles. The average molecular weight is 825 g/mol. The quantitative estimate of drug-likeness (QED) is 0.0964. The molecule has 59 heavy (non-hydrogen) atoms. The van der Waals surface area contributed by atoms with Gasteiger partial charge in [0.25, 0.3) is 11.4 Å². The van der Waals surface area contributed by atoms with Gasteiger partial charge in [0.2, 0.25) is 23.6 Å². The van der Waals surface area contributed by atoms with Gasteiger partial charge in [-0.15, -0.1) is 0 Å². The number of benzene rings is 4. The Kier molecular flexibility index (Phi) is 12.9. The number of nitro benzene ring substituents is 2. The summed E-state index contributed by atoms with van der Waals surface area (Å²) in [6.45, 7) is 5.35. The van der Waals surface area contributed by atoms with Gasteiger partial charge in [0.15, 0.2) is 0 Å². The summed E-state index contributed by atoms with van der Waals surface area (Å²) in [5, 5.41) is 25.9. The SMILES string of the molecule is CC(=O)N1CCN(C(=O)/C=C/c2ccc(Sc3ccc(/C=C/C(=O)N4CCN(C(C)=O)CC4)c(-c4ccccc4F)c3[N+](=O)[O-])c([N+](=O)[O-])c2-c2ccccc2F)CC1. The minimum atomic E-state index is -0.793. The van der Waals surface area contributed by atoms with Gasteiger partial charge >= 0.3 is 0 Å². The zero-order valence-corrected chi connectivity index (χ0v) is 32.8. The van der Waals surface area contributed by atoms with E-state index in [-0.39, 0.29) is 81.2 Å². The van der Waals surface area contributed by atoms with Gasteiger partial charge in [-0.2, -0.15) is 0 Å². The Morgan fingerprint density at radius 3 is 1.22 bits per heavy atom. The van der Waals surface area contributed by atoms with Crippen LogP contribution in [0.3, 0.4) is 0 Å². The maximum Gasteiger partial charge on any atom is 0.291 e. The largest absolute Gasteiger partial charge is 0.339 e. The molecule has 0 saturated carbocycles. The zero-order chi connectivity index (χ0) is 42.4. The molecule has 0 radical (unpaired) electrons. The van der Waals surface area contributed by atoms with Gasteiger partial charge in [-0.25, -0.2) is 8.78 Å². The molecule has 4 aromatic carbocycles. The minimum Gasteiger partial charge on any atom is -0.339 e. The molecule has 0 atom stereocenters. The second-order valence-electron chi connectivity index (χ2n) is 13.7. The molecule has 2 aliphatic heterocycles. The molecule has 0 aromatic heterocycles. The third-order valence-electron chi connectivity index (χ3n) is 10.1. The van der Waals surface area contributed by atoms with Crippen molar-refractivity contribution in [2.24, 2.45) is 0 Å². The van der Waals surface area contributed by atoms with Crippen LogP contribution in [0.1, 0.15) is 25.0 Å². The van der Waals surface area contributed by atoms with Crippen LogP contribution in [0, 0.1) is 31.9 Å². The lowest BCUT2D eigenvalue weighted by Gasteiger charge is -2.33. The van der Waals surface area contributed by atoms with Crippen LogP contribution in [-0.2, 0) is 19.2 Å². The van der Waals surface area contributed by atoms with Crippen LogP contribution in [-0.4, -0.2) is 105 Å². The number of carbonyl (C=O) groups excluding carboxylic acids is 4. The van der Waals surface area contributed by atoms with Crippen molar-refractivity contribution in [1.29, 1.82) is 0 Å². The second kappa shape index (κ2) is 18.2. The summed E-state index contributed by atoms with van der Waals surface area (Å²) < 4.78 is 31.0.